The smallest absolute Gasteiger partial charge is 0.254 e. The van der Waals surface area contributed by atoms with E-state index in [9.17, 15) is 9.90 Å². The van der Waals surface area contributed by atoms with E-state index in [0.29, 0.717) is 23.9 Å². The monoisotopic (exact) mass is 444 g/mol. The molecule has 4 rings (SSSR count). The van der Waals surface area contributed by atoms with Crippen LogP contribution in [0.2, 0.25) is 5.02 Å². The zero-order valence-corrected chi connectivity index (χ0v) is 18.5. The quantitative estimate of drug-likeness (QED) is 0.610. The maximum Gasteiger partial charge on any atom is 0.254 e. The molecule has 1 amide bonds. The second kappa shape index (κ2) is 9.47. The number of hydrogen-bond donors (Lipinski definition) is 3. The molecule has 7 heteroatoms. The summed E-state index contributed by atoms with van der Waals surface area (Å²) in [5.41, 5.74) is 1.54. The molecule has 1 heterocycles. The topological polar surface area (TPSA) is 79.8 Å². The van der Waals surface area contributed by atoms with E-state index in [4.69, 9.17) is 21.1 Å². The fourth-order valence-electron chi connectivity index (χ4n) is 4.49. The van der Waals surface area contributed by atoms with Gasteiger partial charge >= 0.3 is 0 Å². The van der Waals surface area contributed by atoms with Crippen molar-refractivity contribution in [2.24, 2.45) is 0 Å². The van der Waals surface area contributed by atoms with Gasteiger partial charge in [0.15, 0.2) is 0 Å². The summed E-state index contributed by atoms with van der Waals surface area (Å²) < 4.78 is 12.0. The van der Waals surface area contributed by atoms with Crippen LogP contribution in [0, 0.1) is 0 Å². The van der Waals surface area contributed by atoms with Crippen LogP contribution in [0.3, 0.4) is 0 Å². The average molecular weight is 445 g/mol. The molecule has 2 aromatic carbocycles. The van der Waals surface area contributed by atoms with E-state index in [2.05, 4.69) is 10.6 Å². The van der Waals surface area contributed by atoms with Crippen molar-refractivity contribution in [2.45, 2.75) is 49.9 Å². The predicted molar refractivity (Wildman–Crippen MR) is 120 cm³/mol. The zero-order valence-electron chi connectivity index (χ0n) is 17.7. The van der Waals surface area contributed by atoms with Gasteiger partial charge in [-0.2, -0.15) is 0 Å². The fourth-order valence-corrected chi connectivity index (χ4v) is 4.69. The molecule has 6 nitrogen and oxygen atoms in total. The molecule has 0 unspecified atom stereocenters. The molecule has 1 aliphatic heterocycles. The van der Waals surface area contributed by atoms with E-state index < -0.39 is 6.10 Å². The lowest BCUT2D eigenvalue weighted by molar-refractivity contribution is 0.0391. The molecule has 1 atom stereocenters. The van der Waals surface area contributed by atoms with Crippen LogP contribution in [0.25, 0.3) is 0 Å². The minimum atomic E-state index is -0.664. The lowest BCUT2D eigenvalue weighted by Crippen LogP contribution is -2.46. The summed E-state index contributed by atoms with van der Waals surface area (Å²) in [7, 11) is 1.58. The first-order valence-corrected chi connectivity index (χ1v) is 11.2. The minimum Gasteiger partial charge on any atom is -0.490 e. The maximum atomic E-state index is 11.9. The zero-order chi connectivity index (χ0) is 21.8. The second-order valence-corrected chi connectivity index (χ2v) is 8.87. The summed E-state index contributed by atoms with van der Waals surface area (Å²) in [6.07, 6.45) is 4.19. The molecule has 2 aromatic rings. The molecule has 166 valence electrons. The molecule has 1 spiro atoms. The molecule has 2 aliphatic rings. The largest absolute Gasteiger partial charge is 0.490 e. The van der Waals surface area contributed by atoms with E-state index in [1.807, 2.05) is 24.3 Å². The third-order valence-corrected chi connectivity index (χ3v) is 6.43. The van der Waals surface area contributed by atoms with E-state index in [1.165, 1.54) is 5.56 Å². The number of carbonyl (C=O) groups is 1. The summed E-state index contributed by atoms with van der Waals surface area (Å²) in [6, 6.07) is 13.2. The first-order valence-electron chi connectivity index (χ1n) is 10.8. The Labute approximate surface area is 187 Å². The van der Waals surface area contributed by atoms with Crippen LogP contribution in [-0.4, -0.2) is 49.0 Å². The Kier molecular flexibility index (Phi) is 6.70. The van der Waals surface area contributed by atoms with Crippen molar-refractivity contribution in [3.63, 3.8) is 0 Å². The Hall–Kier alpha value is -2.28. The first kappa shape index (κ1) is 21.9. The van der Waals surface area contributed by atoms with Crippen molar-refractivity contribution in [2.75, 3.05) is 20.2 Å². The van der Waals surface area contributed by atoms with Crippen molar-refractivity contribution in [1.29, 1.82) is 0 Å². The van der Waals surface area contributed by atoms with Crippen LogP contribution >= 0.6 is 11.6 Å². The number of benzene rings is 2. The lowest BCUT2D eigenvalue weighted by atomic mass is 9.79. The Balaban J connectivity index is 1.21. The third-order valence-electron chi connectivity index (χ3n) is 6.19. The third kappa shape index (κ3) is 5.14. The Bertz CT molecular complexity index is 928. The van der Waals surface area contributed by atoms with Gasteiger partial charge in [0.1, 0.15) is 29.8 Å². The number of para-hydroxylation sites is 1. The van der Waals surface area contributed by atoms with Gasteiger partial charge in [0, 0.05) is 31.1 Å². The molecule has 0 radical (unpaired) electrons. The molecule has 1 saturated carbocycles. The van der Waals surface area contributed by atoms with Crippen LogP contribution in [0.1, 0.15) is 41.6 Å². The number of aliphatic hydroxyl groups is 1. The lowest BCUT2D eigenvalue weighted by Gasteiger charge is -2.37. The summed E-state index contributed by atoms with van der Waals surface area (Å²) in [5, 5.41) is 17.2. The van der Waals surface area contributed by atoms with E-state index >= 15 is 0 Å². The average Bonchev–Trinajstić information content (AvgIpc) is 3.13. The van der Waals surface area contributed by atoms with Crippen molar-refractivity contribution in [1.82, 2.24) is 10.6 Å². The van der Waals surface area contributed by atoms with Crippen LogP contribution < -0.4 is 20.1 Å². The van der Waals surface area contributed by atoms with Gasteiger partial charge in [0.2, 0.25) is 0 Å². The summed E-state index contributed by atoms with van der Waals surface area (Å²) in [4.78, 5) is 11.9. The van der Waals surface area contributed by atoms with Gasteiger partial charge in [-0.25, -0.2) is 0 Å². The number of nitrogens with one attached hydrogen (secondary N) is 2. The van der Waals surface area contributed by atoms with Gasteiger partial charge in [-0.3, -0.25) is 4.79 Å². The number of hydrogen-bond acceptors (Lipinski definition) is 5. The number of fused-ring (bicyclic) bond motifs is 1. The molecule has 0 aromatic heterocycles. The first-order chi connectivity index (χ1) is 15.0. The Morgan fingerprint density at radius 1 is 1.29 bits per heavy atom. The molecule has 1 fully saturated rings. The normalized spacial score (nSPS) is 23.1. The van der Waals surface area contributed by atoms with Crippen LogP contribution in [0.15, 0.2) is 42.5 Å². The number of amides is 1. The Morgan fingerprint density at radius 3 is 2.84 bits per heavy atom. The van der Waals surface area contributed by atoms with Gasteiger partial charge in [0.25, 0.3) is 5.91 Å². The fraction of sp³-hybridized carbons (Fsp3) is 0.458. The maximum absolute atomic E-state index is 11.9. The number of carbonyl (C=O) groups excluding carboxylic acids is 1. The van der Waals surface area contributed by atoms with Crippen molar-refractivity contribution in [3.05, 3.63) is 58.6 Å². The van der Waals surface area contributed by atoms with Gasteiger partial charge in [-0.15, -0.1) is 0 Å². The van der Waals surface area contributed by atoms with Crippen molar-refractivity contribution >= 4 is 17.5 Å². The molecule has 0 saturated heterocycles. The van der Waals surface area contributed by atoms with Gasteiger partial charge in [0.05, 0.1) is 5.56 Å². The predicted octanol–water partition coefficient (Wildman–Crippen LogP) is 3.35. The second-order valence-electron chi connectivity index (χ2n) is 8.44. The minimum absolute atomic E-state index is 0.115. The summed E-state index contributed by atoms with van der Waals surface area (Å²) >= 11 is 6.12. The van der Waals surface area contributed by atoms with Crippen LogP contribution in [0.5, 0.6) is 11.5 Å². The highest BCUT2D eigenvalue weighted by Gasteiger charge is 2.42. The molecule has 0 bridgehead atoms. The van der Waals surface area contributed by atoms with Crippen LogP contribution in [0.4, 0.5) is 0 Å². The number of ether oxygens (including phenoxy) is 2. The van der Waals surface area contributed by atoms with E-state index in [0.717, 1.165) is 42.9 Å². The molecular formula is C24H29ClN2O4. The molecule has 31 heavy (non-hydrogen) atoms. The van der Waals surface area contributed by atoms with Crippen molar-refractivity contribution < 1.29 is 19.4 Å². The highest BCUT2D eigenvalue weighted by Crippen LogP contribution is 2.44. The Morgan fingerprint density at radius 2 is 2.06 bits per heavy atom. The highest BCUT2D eigenvalue weighted by molar-refractivity contribution is 6.30. The van der Waals surface area contributed by atoms with Gasteiger partial charge in [-0.05, 0) is 61.6 Å². The highest BCUT2D eigenvalue weighted by atomic mass is 35.5. The van der Waals surface area contributed by atoms with Crippen molar-refractivity contribution in [3.8, 4) is 11.5 Å². The van der Waals surface area contributed by atoms with Gasteiger partial charge < -0.3 is 25.2 Å². The molecular weight excluding hydrogens is 416 g/mol. The van der Waals surface area contributed by atoms with E-state index in [-0.39, 0.29) is 18.1 Å². The van der Waals surface area contributed by atoms with E-state index in [1.54, 1.807) is 25.2 Å². The van der Waals surface area contributed by atoms with Gasteiger partial charge in [-0.1, -0.05) is 23.7 Å². The summed E-state index contributed by atoms with van der Waals surface area (Å²) in [6.45, 7) is 0.563. The number of aliphatic hydroxyl groups excluding tert-OH is 1. The number of halogens is 1. The standard InChI is InChI=1S/C24H29ClN2O4/c1-26-23(29)20-4-2-3-5-22(20)30-15-19(28)14-27-18-8-10-24(11-9-18)13-16-12-17(25)6-7-21(16)31-24/h2-7,12,18-19,27-28H,8-11,13-15H2,1H3,(H,26,29)/t18?,19-,24?/m0/s1. The molecule has 1 aliphatic carbocycles. The molecule has 3 N–H and O–H groups in total. The summed E-state index contributed by atoms with van der Waals surface area (Å²) in [5.74, 6) is 1.22. The van der Waals surface area contributed by atoms with Crippen LogP contribution in [-0.2, 0) is 6.42 Å². The number of rotatable bonds is 7. The SMILES string of the molecule is CNC(=O)c1ccccc1OC[C@@H](O)CNC1CCC2(CC1)Cc1cc(Cl)ccc1O2.